The van der Waals surface area contributed by atoms with Crippen LogP contribution in [0.15, 0.2) is 47.6 Å². The molecule has 0 aromatic carbocycles. The number of fused-ring (bicyclic) bond motifs is 1. The van der Waals surface area contributed by atoms with E-state index in [1.54, 1.807) is 5.57 Å². The van der Waals surface area contributed by atoms with Crippen LogP contribution in [0.5, 0.6) is 0 Å². The lowest BCUT2D eigenvalue weighted by atomic mass is 9.61. The summed E-state index contributed by atoms with van der Waals surface area (Å²) in [7, 11) is 0. The van der Waals surface area contributed by atoms with Gasteiger partial charge in [-0.2, -0.15) is 0 Å². The van der Waals surface area contributed by atoms with Gasteiger partial charge in [0.1, 0.15) is 5.78 Å². The quantitative estimate of drug-likeness (QED) is 0.183. The van der Waals surface area contributed by atoms with Crippen LogP contribution in [0.1, 0.15) is 130 Å². The van der Waals surface area contributed by atoms with Gasteiger partial charge in [-0.15, -0.1) is 0 Å². The number of carbonyl (C=O) groups is 1. The zero-order valence-corrected chi connectivity index (χ0v) is 25.2. The smallest absolute Gasteiger partial charge is 0.141 e. The van der Waals surface area contributed by atoms with E-state index in [0.29, 0.717) is 30.0 Å². The highest BCUT2D eigenvalue weighted by molar-refractivity contribution is 5.88. The van der Waals surface area contributed by atoms with Gasteiger partial charge in [0.15, 0.2) is 0 Å². The Morgan fingerprint density at radius 2 is 1.77 bits per heavy atom. The third kappa shape index (κ3) is 7.07. The van der Waals surface area contributed by atoms with Crippen LogP contribution >= 0.6 is 0 Å². The Labute approximate surface area is 238 Å². The zero-order valence-electron chi connectivity index (χ0n) is 25.2. The highest BCUT2D eigenvalue weighted by atomic mass is 16.3. The normalized spacial score (nSPS) is 34.0. The molecular weight excluding hydrogens is 480 g/mol. The Morgan fingerprint density at radius 3 is 2.51 bits per heavy atom. The summed E-state index contributed by atoms with van der Waals surface area (Å²) < 4.78 is 0. The van der Waals surface area contributed by atoms with Crippen molar-refractivity contribution in [2.75, 3.05) is 0 Å². The highest BCUT2D eigenvalue weighted by Crippen LogP contribution is 2.60. The first kappa shape index (κ1) is 30.5. The maximum atomic E-state index is 13.0. The number of allylic oxidation sites excluding steroid dienone is 5. The molecule has 0 bridgehead atoms. The Bertz CT molecular complexity index is 950. The largest absolute Gasteiger partial charge is 0.393 e. The van der Waals surface area contributed by atoms with Gasteiger partial charge in [0, 0.05) is 6.42 Å². The van der Waals surface area contributed by atoms with Gasteiger partial charge in [-0.05, 0) is 99.4 Å². The molecule has 39 heavy (non-hydrogen) atoms. The molecule has 0 aliphatic heterocycles. The van der Waals surface area contributed by atoms with Crippen LogP contribution in [-0.2, 0) is 4.79 Å². The number of unbranched alkanes of at least 4 members (excludes halogenated alkanes) is 5. The summed E-state index contributed by atoms with van der Waals surface area (Å²) in [5.41, 5.74) is 3.79. The fraction of sp³-hybridized carbons (Fsp3) is 0.750. The Morgan fingerprint density at radius 1 is 1.03 bits per heavy atom. The SMILES string of the molecule is C=C1CC[C@H](O)CC1=CC=C1CCC[C@]2(C)[C@@H]([C@H](C)C=C[C@H](O)C3(C(=O)CCCCCCCC)CC3)CC[C@@H]12. The molecule has 0 heterocycles. The van der Waals surface area contributed by atoms with Crippen molar-refractivity contribution in [2.24, 2.45) is 28.6 Å². The predicted molar refractivity (Wildman–Crippen MR) is 162 cm³/mol. The number of aliphatic hydroxyl groups is 2. The van der Waals surface area contributed by atoms with Crippen molar-refractivity contribution in [2.45, 2.75) is 142 Å². The van der Waals surface area contributed by atoms with E-state index in [0.717, 1.165) is 44.9 Å². The Balaban J connectivity index is 1.34. The molecule has 4 saturated carbocycles. The lowest BCUT2D eigenvalue weighted by Gasteiger charge is -2.44. The summed E-state index contributed by atoms with van der Waals surface area (Å²) >= 11 is 0. The van der Waals surface area contributed by atoms with Crippen LogP contribution in [0.2, 0.25) is 0 Å². The monoisotopic (exact) mass is 536 g/mol. The van der Waals surface area contributed by atoms with Crippen LogP contribution in [0.3, 0.4) is 0 Å². The topological polar surface area (TPSA) is 57.5 Å². The molecule has 6 atom stereocenters. The van der Waals surface area contributed by atoms with Crippen LogP contribution in [-0.4, -0.2) is 28.2 Å². The van der Waals surface area contributed by atoms with E-state index in [-0.39, 0.29) is 11.5 Å². The molecule has 4 aliphatic carbocycles. The molecule has 0 aromatic rings. The van der Waals surface area contributed by atoms with Crippen molar-refractivity contribution in [1.29, 1.82) is 0 Å². The van der Waals surface area contributed by atoms with Crippen molar-refractivity contribution < 1.29 is 15.0 Å². The predicted octanol–water partition coefficient (Wildman–Crippen LogP) is 8.81. The van der Waals surface area contributed by atoms with Gasteiger partial charge in [-0.25, -0.2) is 0 Å². The lowest BCUT2D eigenvalue weighted by Crippen LogP contribution is -2.35. The first-order valence-electron chi connectivity index (χ1n) is 16.4. The summed E-state index contributed by atoms with van der Waals surface area (Å²) in [5, 5.41) is 21.2. The van der Waals surface area contributed by atoms with Gasteiger partial charge >= 0.3 is 0 Å². The van der Waals surface area contributed by atoms with E-state index in [9.17, 15) is 15.0 Å². The fourth-order valence-electron chi connectivity index (χ4n) is 8.33. The summed E-state index contributed by atoms with van der Waals surface area (Å²) in [5.74, 6) is 1.90. The molecule has 0 aromatic heterocycles. The van der Waals surface area contributed by atoms with Crippen molar-refractivity contribution in [1.82, 2.24) is 0 Å². The van der Waals surface area contributed by atoms with Crippen LogP contribution in [0.25, 0.3) is 0 Å². The molecule has 0 spiro atoms. The van der Waals surface area contributed by atoms with Gasteiger partial charge in [0.05, 0.1) is 17.6 Å². The summed E-state index contributed by atoms with van der Waals surface area (Å²) in [4.78, 5) is 13.0. The molecule has 4 rings (SSSR count). The molecule has 218 valence electrons. The molecule has 0 radical (unpaired) electrons. The number of rotatable bonds is 13. The molecule has 2 N–H and O–H groups in total. The maximum Gasteiger partial charge on any atom is 0.141 e. The first-order valence-corrected chi connectivity index (χ1v) is 16.4. The van der Waals surface area contributed by atoms with Gasteiger partial charge in [0.2, 0.25) is 0 Å². The second kappa shape index (κ2) is 13.5. The van der Waals surface area contributed by atoms with Crippen molar-refractivity contribution in [3.8, 4) is 0 Å². The van der Waals surface area contributed by atoms with Gasteiger partial charge in [0.25, 0.3) is 0 Å². The standard InChI is InChI=1S/C36H56O3/c1-5-6-7-8-9-10-13-33(38)36(23-24-36)34(39)21-15-27(3)31-19-20-32-28(12-11-22-35(31,32)4)16-17-29-25-30(37)18-14-26(29)2/h15-17,21,27,30-32,34,37,39H,2,5-14,18-20,22-25H2,1,3-4H3/t27-,30+,31-,32+,34+,35-/m1/s1. The highest BCUT2D eigenvalue weighted by Gasteiger charge is 2.54. The van der Waals surface area contributed by atoms with E-state index >= 15 is 0 Å². The average molecular weight is 537 g/mol. The van der Waals surface area contributed by atoms with Crippen molar-refractivity contribution in [3.63, 3.8) is 0 Å². The average Bonchev–Trinajstić information content (AvgIpc) is 3.66. The summed E-state index contributed by atoms with van der Waals surface area (Å²) in [6, 6.07) is 0. The van der Waals surface area contributed by atoms with Crippen molar-refractivity contribution in [3.05, 3.63) is 47.6 Å². The third-order valence-electron chi connectivity index (χ3n) is 11.1. The number of hydrogen-bond donors (Lipinski definition) is 2. The van der Waals surface area contributed by atoms with Crippen LogP contribution in [0.4, 0.5) is 0 Å². The van der Waals surface area contributed by atoms with Crippen LogP contribution in [0, 0.1) is 28.6 Å². The minimum Gasteiger partial charge on any atom is -0.393 e. The minimum atomic E-state index is -0.634. The number of hydrogen-bond acceptors (Lipinski definition) is 3. The Kier molecular flexibility index (Phi) is 10.5. The summed E-state index contributed by atoms with van der Waals surface area (Å²) in [6.07, 6.45) is 26.1. The lowest BCUT2D eigenvalue weighted by molar-refractivity contribution is -0.127. The van der Waals surface area contributed by atoms with E-state index in [2.05, 4.69) is 45.6 Å². The molecule has 4 aliphatic rings. The van der Waals surface area contributed by atoms with Gasteiger partial charge < -0.3 is 10.2 Å². The van der Waals surface area contributed by atoms with E-state index < -0.39 is 11.5 Å². The number of carbonyl (C=O) groups excluding carboxylic acids is 1. The number of Topliss-reactive ketones (excluding diaryl/α,β-unsaturated/α-hetero) is 1. The molecule has 0 amide bonds. The second-order valence-electron chi connectivity index (χ2n) is 13.8. The minimum absolute atomic E-state index is 0.226. The number of aliphatic hydroxyl groups excluding tert-OH is 2. The zero-order chi connectivity index (χ0) is 28.0. The molecular formula is C36H56O3. The molecule has 4 fully saturated rings. The molecule has 3 heteroatoms. The second-order valence-corrected chi connectivity index (χ2v) is 13.8. The maximum absolute atomic E-state index is 13.0. The first-order chi connectivity index (χ1) is 18.7. The third-order valence-corrected chi connectivity index (χ3v) is 11.1. The molecule has 0 saturated heterocycles. The molecule has 0 unspecified atom stereocenters. The number of ketones is 1. The van der Waals surface area contributed by atoms with E-state index in [4.69, 9.17) is 0 Å². The van der Waals surface area contributed by atoms with E-state index in [1.807, 2.05) is 6.08 Å². The van der Waals surface area contributed by atoms with Gasteiger partial charge in [-0.1, -0.05) is 94.9 Å². The van der Waals surface area contributed by atoms with Crippen LogP contribution < -0.4 is 0 Å². The van der Waals surface area contributed by atoms with Gasteiger partial charge in [-0.3, -0.25) is 4.79 Å². The van der Waals surface area contributed by atoms with E-state index in [1.165, 1.54) is 68.9 Å². The van der Waals surface area contributed by atoms with Crippen molar-refractivity contribution >= 4 is 5.78 Å². The molecule has 3 nitrogen and oxygen atoms in total. The Hall–Kier alpha value is -1.45. The fourth-order valence-corrected chi connectivity index (χ4v) is 8.33. The summed E-state index contributed by atoms with van der Waals surface area (Å²) in [6.45, 7) is 11.3.